The van der Waals surface area contributed by atoms with Crippen molar-refractivity contribution < 1.29 is 22.4 Å². The number of hydrogen-bond donors (Lipinski definition) is 2. The van der Waals surface area contributed by atoms with Crippen LogP contribution >= 0.6 is 0 Å². The van der Waals surface area contributed by atoms with Gasteiger partial charge in [0.25, 0.3) is 0 Å². The maximum atomic E-state index is 12.6. The van der Waals surface area contributed by atoms with Gasteiger partial charge >= 0.3 is 12.3 Å². The average molecular weight is 256 g/mol. The molecule has 0 spiro atoms. The van der Waals surface area contributed by atoms with Crippen LogP contribution in [0, 0.1) is 5.41 Å². The molecule has 1 fully saturated rings. The van der Waals surface area contributed by atoms with Gasteiger partial charge in [-0.2, -0.15) is 8.78 Å². The second-order valence-electron chi connectivity index (χ2n) is 4.66. The first-order valence-corrected chi connectivity index (χ1v) is 5.40. The quantitative estimate of drug-likeness (QED) is 0.749. The van der Waals surface area contributed by atoms with Gasteiger partial charge in [0, 0.05) is 6.04 Å². The number of alkyl halides is 4. The molecule has 7 heteroatoms. The van der Waals surface area contributed by atoms with Gasteiger partial charge in [-0.05, 0) is 19.8 Å². The van der Waals surface area contributed by atoms with Crippen LogP contribution < -0.4 is 11.1 Å². The maximum absolute atomic E-state index is 12.6. The van der Waals surface area contributed by atoms with Crippen molar-refractivity contribution in [1.82, 2.24) is 5.32 Å². The molecule has 1 saturated carbocycles. The summed E-state index contributed by atoms with van der Waals surface area (Å²) in [6.45, 7) is 0.215. The molecule has 1 aliphatic carbocycles. The van der Waals surface area contributed by atoms with Crippen LogP contribution in [0.15, 0.2) is 0 Å². The lowest BCUT2D eigenvalue weighted by Crippen LogP contribution is -2.51. The molecule has 0 aromatic rings. The summed E-state index contributed by atoms with van der Waals surface area (Å²) in [4.78, 5) is 11.7. The van der Waals surface area contributed by atoms with E-state index < -0.39 is 36.3 Å². The van der Waals surface area contributed by atoms with E-state index in [2.05, 4.69) is 0 Å². The molecular weight excluding hydrogens is 240 g/mol. The van der Waals surface area contributed by atoms with E-state index in [1.165, 1.54) is 0 Å². The van der Waals surface area contributed by atoms with Crippen LogP contribution in [0.2, 0.25) is 0 Å². The Balaban J connectivity index is 2.56. The van der Waals surface area contributed by atoms with Gasteiger partial charge in [0.15, 0.2) is 0 Å². The smallest absolute Gasteiger partial charge is 0.324 e. The van der Waals surface area contributed by atoms with E-state index in [9.17, 15) is 22.4 Å². The van der Waals surface area contributed by atoms with Gasteiger partial charge in [0.1, 0.15) is 0 Å². The van der Waals surface area contributed by atoms with Gasteiger partial charge < -0.3 is 11.1 Å². The Morgan fingerprint density at radius 2 is 2.18 bits per heavy atom. The first-order valence-electron chi connectivity index (χ1n) is 5.40. The average Bonchev–Trinajstić information content (AvgIpc) is 2.57. The van der Waals surface area contributed by atoms with E-state index in [1.807, 2.05) is 5.32 Å². The fourth-order valence-corrected chi connectivity index (χ4v) is 1.95. The Bertz CT molecular complexity index is 298. The van der Waals surface area contributed by atoms with Crippen LogP contribution in [0.4, 0.5) is 17.6 Å². The van der Waals surface area contributed by atoms with Crippen molar-refractivity contribution in [3.8, 4) is 0 Å². The van der Waals surface area contributed by atoms with Crippen molar-refractivity contribution in [2.24, 2.45) is 11.1 Å². The fourth-order valence-electron chi connectivity index (χ4n) is 1.95. The SMILES string of the molecule is CC1(C(=O)NCC(F)(F)C(F)F)CCCC1N. The first-order chi connectivity index (χ1) is 7.70. The topological polar surface area (TPSA) is 55.1 Å². The predicted octanol–water partition coefficient (Wildman–Crippen LogP) is 1.52. The number of carbonyl (C=O) groups excluding carboxylic acids is 1. The van der Waals surface area contributed by atoms with Crippen molar-refractivity contribution in [3.05, 3.63) is 0 Å². The summed E-state index contributed by atoms with van der Waals surface area (Å²) in [6.07, 6.45) is -1.93. The summed E-state index contributed by atoms with van der Waals surface area (Å²) in [5.41, 5.74) is 4.78. The lowest BCUT2D eigenvalue weighted by atomic mass is 9.84. The highest BCUT2D eigenvalue weighted by Gasteiger charge is 2.46. The van der Waals surface area contributed by atoms with Gasteiger partial charge in [-0.3, -0.25) is 4.79 Å². The van der Waals surface area contributed by atoms with Gasteiger partial charge in [-0.15, -0.1) is 0 Å². The van der Waals surface area contributed by atoms with Crippen LogP contribution in [0.3, 0.4) is 0 Å². The molecular formula is C10H16F4N2O. The largest absolute Gasteiger partial charge is 0.349 e. The molecule has 1 rings (SSSR count). The van der Waals surface area contributed by atoms with Crippen molar-refractivity contribution in [2.45, 2.75) is 44.6 Å². The Morgan fingerprint density at radius 1 is 1.59 bits per heavy atom. The lowest BCUT2D eigenvalue weighted by Gasteiger charge is -2.28. The minimum Gasteiger partial charge on any atom is -0.349 e. The number of carbonyl (C=O) groups is 1. The molecule has 2 unspecified atom stereocenters. The first kappa shape index (κ1) is 14.2. The Morgan fingerprint density at radius 3 is 2.59 bits per heavy atom. The Hall–Kier alpha value is -0.850. The lowest BCUT2D eigenvalue weighted by molar-refractivity contribution is -0.142. The third-order valence-corrected chi connectivity index (χ3v) is 3.35. The number of nitrogens with two attached hydrogens (primary N) is 1. The molecule has 0 heterocycles. The number of nitrogens with one attached hydrogen (secondary N) is 1. The molecule has 1 aliphatic rings. The number of hydrogen-bond acceptors (Lipinski definition) is 2. The molecule has 1 amide bonds. The van der Waals surface area contributed by atoms with E-state index in [4.69, 9.17) is 5.73 Å². The molecule has 0 aliphatic heterocycles. The van der Waals surface area contributed by atoms with Crippen molar-refractivity contribution in [2.75, 3.05) is 6.54 Å². The predicted molar refractivity (Wildman–Crippen MR) is 53.9 cm³/mol. The molecule has 0 bridgehead atoms. The standard InChI is InChI=1S/C10H16F4N2O/c1-9(4-2-3-6(9)15)8(17)16-5-10(13,14)7(11)12/h6-7H,2-5,15H2,1H3,(H,16,17). The third-order valence-electron chi connectivity index (χ3n) is 3.35. The highest BCUT2D eigenvalue weighted by molar-refractivity contribution is 5.83. The monoisotopic (exact) mass is 256 g/mol. The highest BCUT2D eigenvalue weighted by Crippen LogP contribution is 2.37. The minimum absolute atomic E-state index is 0.414. The number of amides is 1. The van der Waals surface area contributed by atoms with Gasteiger partial charge in [0.05, 0.1) is 12.0 Å². The normalized spacial score (nSPS) is 29.7. The molecule has 2 atom stereocenters. The second kappa shape index (κ2) is 4.80. The van der Waals surface area contributed by atoms with E-state index in [0.717, 1.165) is 6.42 Å². The van der Waals surface area contributed by atoms with Crippen LogP contribution in [0.1, 0.15) is 26.2 Å². The zero-order valence-electron chi connectivity index (χ0n) is 9.48. The highest BCUT2D eigenvalue weighted by atomic mass is 19.3. The Labute approximate surface area is 96.7 Å². The van der Waals surface area contributed by atoms with Crippen LogP contribution in [0.25, 0.3) is 0 Å². The molecule has 0 radical (unpaired) electrons. The van der Waals surface area contributed by atoms with Gasteiger partial charge in [0.2, 0.25) is 5.91 Å². The van der Waals surface area contributed by atoms with Gasteiger partial charge in [-0.1, -0.05) is 6.42 Å². The van der Waals surface area contributed by atoms with Crippen molar-refractivity contribution >= 4 is 5.91 Å². The summed E-state index contributed by atoms with van der Waals surface area (Å²) in [6, 6.07) is -0.414. The minimum atomic E-state index is -4.20. The van der Waals surface area contributed by atoms with E-state index in [0.29, 0.717) is 12.8 Å². The zero-order chi connectivity index (χ0) is 13.3. The van der Waals surface area contributed by atoms with Crippen LogP contribution in [-0.4, -0.2) is 30.8 Å². The third kappa shape index (κ3) is 2.88. The summed E-state index contributed by atoms with van der Waals surface area (Å²) >= 11 is 0. The molecule has 0 saturated heterocycles. The Kier molecular flexibility index (Phi) is 4.01. The van der Waals surface area contributed by atoms with Gasteiger partial charge in [-0.25, -0.2) is 8.78 Å². The van der Waals surface area contributed by atoms with E-state index in [1.54, 1.807) is 6.92 Å². The molecule has 3 N–H and O–H groups in total. The number of rotatable bonds is 4. The van der Waals surface area contributed by atoms with Crippen LogP contribution in [-0.2, 0) is 4.79 Å². The second-order valence-corrected chi connectivity index (χ2v) is 4.66. The summed E-state index contributed by atoms with van der Waals surface area (Å²) in [7, 11) is 0. The van der Waals surface area contributed by atoms with Crippen molar-refractivity contribution in [1.29, 1.82) is 0 Å². The maximum Gasteiger partial charge on any atom is 0.324 e. The summed E-state index contributed by atoms with van der Waals surface area (Å²) < 4.78 is 49.0. The van der Waals surface area contributed by atoms with Crippen molar-refractivity contribution in [3.63, 3.8) is 0 Å². The van der Waals surface area contributed by atoms with E-state index in [-0.39, 0.29) is 0 Å². The summed E-state index contributed by atoms with van der Waals surface area (Å²) in [5.74, 6) is -4.88. The molecule has 3 nitrogen and oxygen atoms in total. The molecule has 0 aromatic carbocycles. The van der Waals surface area contributed by atoms with E-state index >= 15 is 0 Å². The van der Waals surface area contributed by atoms with Crippen LogP contribution in [0.5, 0.6) is 0 Å². The zero-order valence-corrected chi connectivity index (χ0v) is 9.48. The fraction of sp³-hybridized carbons (Fsp3) is 0.900. The number of halogens is 4. The molecule has 0 aromatic heterocycles. The molecule has 100 valence electrons. The molecule has 17 heavy (non-hydrogen) atoms. The summed E-state index contributed by atoms with van der Waals surface area (Å²) in [5, 5.41) is 1.87.